The molecule has 102 valence electrons. The van der Waals surface area contributed by atoms with Crippen LogP contribution in [0, 0.1) is 0 Å². The van der Waals surface area contributed by atoms with Crippen molar-refractivity contribution >= 4 is 29.1 Å². The van der Waals surface area contributed by atoms with Gasteiger partial charge in [0.05, 0.1) is 7.11 Å². The molecule has 0 saturated carbocycles. The number of rotatable bonds is 6. The van der Waals surface area contributed by atoms with Crippen LogP contribution < -0.4 is 11.1 Å². The Labute approximate surface area is 117 Å². The van der Waals surface area contributed by atoms with Crippen molar-refractivity contribution in [1.82, 2.24) is 5.32 Å². The summed E-state index contributed by atoms with van der Waals surface area (Å²) in [6.07, 6.45) is 0.834. The van der Waals surface area contributed by atoms with Crippen LogP contribution in [0.5, 0.6) is 0 Å². The number of nitrogens with one attached hydrogen (secondary N) is 1. The van der Waals surface area contributed by atoms with Crippen LogP contribution in [0.25, 0.3) is 0 Å². The summed E-state index contributed by atoms with van der Waals surface area (Å²) in [4.78, 5) is 22.9. The number of methoxy groups -OCH3 is 1. The highest BCUT2D eigenvalue weighted by molar-refractivity contribution is 7.80. The molecule has 1 rings (SSSR count). The van der Waals surface area contributed by atoms with Crippen molar-refractivity contribution in [2.75, 3.05) is 13.7 Å². The van der Waals surface area contributed by atoms with Gasteiger partial charge in [0.15, 0.2) is 0 Å². The molecule has 1 amide bonds. The summed E-state index contributed by atoms with van der Waals surface area (Å²) in [5.74, 6) is -0.477. The van der Waals surface area contributed by atoms with Crippen LogP contribution in [-0.2, 0) is 9.53 Å². The van der Waals surface area contributed by atoms with Gasteiger partial charge < -0.3 is 15.8 Å². The monoisotopic (exact) mass is 280 g/mol. The van der Waals surface area contributed by atoms with Crippen molar-refractivity contribution < 1.29 is 14.3 Å². The Balaban J connectivity index is 2.41. The highest BCUT2D eigenvalue weighted by atomic mass is 32.1. The summed E-state index contributed by atoms with van der Waals surface area (Å²) in [6.45, 7) is 0.422. The molecule has 0 aromatic heterocycles. The molecule has 1 aromatic carbocycles. The lowest BCUT2D eigenvalue weighted by molar-refractivity contribution is -0.140. The quantitative estimate of drug-likeness (QED) is 0.461. The SMILES string of the molecule is COC(=O)CCCNC(=O)c1ccc(C(N)=S)cc1. The smallest absolute Gasteiger partial charge is 0.305 e. The molecule has 0 atom stereocenters. The van der Waals surface area contributed by atoms with E-state index < -0.39 is 0 Å². The van der Waals surface area contributed by atoms with E-state index in [9.17, 15) is 9.59 Å². The first-order chi connectivity index (χ1) is 9.04. The molecular weight excluding hydrogens is 264 g/mol. The van der Waals surface area contributed by atoms with Crippen molar-refractivity contribution in [1.29, 1.82) is 0 Å². The van der Waals surface area contributed by atoms with Crippen LogP contribution in [0.3, 0.4) is 0 Å². The molecule has 0 spiro atoms. The maximum atomic E-state index is 11.7. The van der Waals surface area contributed by atoms with Crippen LogP contribution in [0.2, 0.25) is 0 Å². The van der Waals surface area contributed by atoms with Gasteiger partial charge >= 0.3 is 5.97 Å². The molecule has 19 heavy (non-hydrogen) atoms. The maximum absolute atomic E-state index is 11.7. The Morgan fingerprint density at radius 2 is 1.84 bits per heavy atom. The lowest BCUT2D eigenvalue weighted by Gasteiger charge is -2.05. The number of esters is 1. The highest BCUT2D eigenvalue weighted by Crippen LogP contribution is 2.04. The third-order valence-corrected chi connectivity index (χ3v) is 2.74. The standard InChI is InChI=1S/C13H16N2O3S/c1-18-11(16)3-2-8-15-13(17)10-6-4-9(5-7-10)12(14)19/h4-7H,2-3,8H2,1H3,(H2,14,19)(H,15,17). The van der Waals surface area contributed by atoms with Crippen LogP contribution in [0.4, 0.5) is 0 Å². The predicted octanol–water partition coefficient (Wildman–Crippen LogP) is 1.00. The molecule has 0 radical (unpaired) electrons. The van der Waals surface area contributed by atoms with Crippen LogP contribution >= 0.6 is 12.2 Å². The molecule has 0 aliphatic carbocycles. The summed E-state index contributed by atoms with van der Waals surface area (Å²) >= 11 is 4.83. The summed E-state index contributed by atoms with van der Waals surface area (Å²) < 4.78 is 4.50. The van der Waals surface area contributed by atoms with Crippen LogP contribution in [-0.4, -0.2) is 30.5 Å². The Bertz CT molecular complexity index is 471. The minimum Gasteiger partial charge on any atom is -0.469 e. The van der Waals surface area contributed by atoms with Crippen molar-refractivity contribution in [3.63, 3.8) is 0 Å². The van der Waals surface area contributed by atoms with Gasteiger partial charge in [-0.2, -0.15) is 0 Å². The van der Waals surface area contributed by atoms with Gasteiger partial charge in [-0.1, -0.05) is 24.4 Å². The summed E-state index contributed by atoms with van der Waals surface area (Å²) in [7, 11) is 1.34. The minimum absolute atomic E-state index is 0.195. The second-order valence-electron chi connectivity index (χ2n) is 3.88. The van der Waals surface area contributed by atoms with Gasteiger partial charge in [-0.15, -0.1) is 0 Å². The third kappa shape index (κ3) is 5.05. The molecule has 6 heteroatoms. The van der Waals surface area contributed by atoms with Crippen molar-refractivity contribution in [3.05, 3.63) is 35.4 Å². The normalized spacial score (nSPS) is 9.74. The molecule has 0 aliphatic heterocycles. The van der Waals surface area contributed by atoms with Gasteiger partial charge in [0.25, 0.3) is 5.91 Å². The number of nitrogens with two attached hydrogens (primary N) is 1. The first-order valence-corrected chi connectivity index (χ1v) is 6.20. The Morgan fingerprint density at radius 1 is 1.26 bits per heavy atom. The molecule has 0 fully saturated rings. The molecule has 1 aromatic rings. The zero-order valence-electron chi connectivity index (χ0n) is 10.6. The van der Waals surface area contributed by atoms with Gasteiger partial charge in [-0.3, -0.25) is 9.59 Å². The first kappa shape index (κ1) is 15.1. The number of carbonyl (C=O) groups is 2. The van der Waals surface area contributed by atoms with E-state index in [1.165, 1.54) is 7.11 Å². The number of hydrogen-bond acceptors (Lipinski definition) is 4. The molecule has 0 heterocycles. The lowest BCUT2D eigenvalue weighted by atomic mass is 10.1. The molecule has 0 bridgehead atoms. The van der Waals surface area contributed by atoms with Crippen molar-refractivity contribution in [2.24, 2.45) is 5.73 Å². The number of carbonyl (C=O) groups excluding carboxylic acids is 2. The molecule has 5 nitrogen and oxygen atoms in total. The zero-order valence-corrected chi connectivity index (χ0v) is 11.5. The van der Waals surface area contributed by atoms with Crippen molar-refractivity contribution in [3.8, 4) is 0 Å². The van der Waals surface area contributed by atoms with Gasteiger partial charge in [0.1, 0.15) is 4.99 Å². The average molecular weight is 280 g/mol. The van der Waals surface area contributed by atoms with E-state index in [1.807, 2.05) is 0 Å². The van der Waals surface area contributed by atoms with Crippen LogP contribution in [0.1, 0.15) is 28.8 Å². The van der Waals surface area contributed by atoms with E-state index in [-0.39, 0.29) is 18.3 Å². The molecule has 0 aliphatic rings. The number of hydrogen-bond donors (Lipinski definition) is 2. The average Bonchev–Trinajstić information content (AvgIpc) is 2.43. The van der Waals surface area contributed by atoms with Gasteiger partial charge in [-0.05, 0) is 18.6 Å². The number of thiocarbonyl (C=S) groups is 1. The van der Waals surface area contributed by atoms with E-state index >= 15 is 0 Å². The first-order valence-electron chi connectivity index (χ1n) is 5.79. The lowest BCUT2D eigenvalue weighted by Crippen LogP contribution is -2.25. The zero-order chi connectivity index (χ0) is 14.3. The van der Waals surface area contributed by atoms with E-state index in [4.69, 9.17) is 18.0 Å². The number of amides is 1. The fourth-order valence-corrected chi connectivity index (χ4v) is 1.56. The van der Waals surface area contributed by atoms with Gasteiger partial charge in [0, 0.05) is 24.1 Å². The second-order valence-corrected chi connectivity index (χ2v) is 4.32. The Kier molecular flexibility index (Phi) is 5.95. The molecule has 3 N–H and O–H groups in total. The van der Waals surface area contributed by atoms with E-state index in [1.54, 1.807) is 24.3 Å². The second kappa shape index (κ2) is 7.48. The summed E-state index contributed by atoms with van der Waals surface area (Å²) in [6, 6.07) is 6.71. The van der Waals surface area contributed by atoms with Gasteiger partial charge in [0.2, 0.25) is 0 Å². The maximum Gasteiger partial charge on any atom is 0.305 e. The summed E-state index contributed by atoms with van der Waals surface area (Å²) in [5, 5.41) is 2.72. The summed E-state index contributed by atoms with van der Waals surface area (Å²) in [5.41, 5.74) is 6.71. The Morgan fingerprint density at radius 3 is 2.37 bits per heavy atom. The van der Waals surface area contributed by atoms with E-state index in [0.717, 1.165) is 5.56 Å². The van der Waals surface area contributed by atoms with Crippen molar-refractivity contribution in [2.45, 2.75) is 12.8 Å². The third-order valence-electron chi connectivity index (χ3n) is 2.50. The molecule has 0 saturated heterocycles. The molecule has 0 unspecified atom stereocenters. The van der Waals surface area contributed by atoms with Gasteiger partial charge in [-0.25, -0.2) is 0 Å². The highest BCUT2D eigenvalue weighted by Gasteiger charge is 2.06. The molecular formula is C13H16N2O3S. The number of ether oxygens (including phenoxy) is 1. The van der Waals surface area contributed by atoms with E-state index in [0.29, 0.717) is 23.5 Å². The minimum atomic E-state index is -0.282. The number of benzene rings is 1. The topological polar surface area (TPSA) is 81.4 Å². The predicted molar refractivity (Wildman–Crippen MR) is 75.9 cm³/mol. The van der Waals surface area contributed by atoms with Crippen LogP contribution in [0.15, 0.2) is 24.3 Å². The van der Waals surface area contributed by atoms with E-state index in [2.05, 4.69) is 10.1 Å². The largest absolute Gasteiger partial charge is 0.469 e. The fourth-order valence-electron chi connectivity index (χ4n) is 1.42. The fraction of sp³-hybridized carbons (Fsp3) is 0.308. The Hall–Kier alpha value is -1.95.